The minimum absolute atomic E-state index is 0.00118. The van der Waals surface area contributed by atoms with Crippen LogP contribution in [0.4, 0.5) is 35.1 Å². The monoisotopic (exact) mass is 1610 g/mol. The Morgan fingerprint density at radius 1 is 0.422 bits per heavy atom. The number of Topliss-reactive ketones (excluding diaryl/α,β-unsaturated/α-hetero) is 4. The highest BCUT2D eigenvalue weighted by Gasteiger charge is 2.48. The maximum absolute atomic E-state index is 13.7. The van der Waals surface area contributed by atoms with Gasteiger partial charge in [-0.3, -0.25) is 19.2 Å². The van der Waals surface area contributed by atoms with E-state index >= 15 is 0 Å². The van der Waals surface area contributed by atoms with Gasteiger partial charge >= 0.3 is 0 Å². The van der Waals surface area contributed by atoms with Crippen LogP contribution in [-0.4, -0.2) is 162 Å². The van der Waals surface area contributed by atoms with Crippen LogP contribution in [0.25, 0.3) is 22.1 Å². The number of ketones is 4. The van der Waals surface area contributed by atoms with Gasteiger partial charge in [-0.15, -0.1) is 0 Å². The number of hydrogen-bond donors (Lipinski definition) is 4. The topological polar surface area (TPSA) is 204 Å². The van der Waals surface area contributed by atoms with Crippen LogP contribution in [0.5, 0.6) is 0 Å². The van der Waals surface area contributed by atoms with E-state index in [0.29, 0.717) is 136 Å². The smallest absolute Gasteiger partial charge is 0.250 e. The molecule has 5 fully saturated rings. The molecule has 4 aliphatic carbocycles. The Morgan fingerprint density at radius 2 is 0.725 bits per heavy atom. The zero-order chi connectivity index (χ0) is 78.9. The van der Waals surface area contributed by atoms with Gasteiger partial charge in [0.1, 0.15) is 0 Å². The summed E-state index contributed by atoms with van der Waals surface area (Å²) in [5, 5.41) is 44.0. The van der Waals surface area contributed by atoms with Gasteiger partial charge in [0.05, 0.1) is 91.0 Å². The normalized spacial score (nSPS) is 22.7. The molecule has 28 heteroatoms. The van der Waals surface area contributed by atoms with Crippen molar-refractivity contribution >= 4 is 91.6 Å². The fourth-order valence-electron chi connectivity index (χ4n) is 16.1. The summed E-state index contributed by atoms with van der Waals surface area (Å²) in [6.45, 7) is 2.81. The highest BCUT2D eigenvalue weighted by Crippen LogP contribution is 2.46. The van der Waals surface area contributed by atoms with Crippen molar-refractivity contribution in [3.8, 4) is 0 Å². The van der Waals surface area contributed by atoms with E-state index in [1.807, 2.05) is 54.5 Å². The average Bonchev–Trinajstić information content (AvgIpc) is 1.63. The Labute approximate surface area is 648 Å². The van der Waals surface area contributed by atoms with Gasteiger partial charge in [-0.25, -0.2) is 35.1 Å². The minimum atomic E-state index is -2.87. The summed E-state index contributed by atoms with van der Waals surface area (Å²) < 4.78 is 137. The second-order valence-corrected chi connectivity index (χ2v) is 32.0. The van der Waals surface area contributed by atoms with Crippen molar-refractivity contribution < 1.29 is 93.7 Å². The molecule has 16 nitrogen and oxygen atoms in total. The highest BCUT2D eigenvalue weighted by atomic mass is 35.5. The molecular weight excluding hydrogens is 1510 g/mol. The van der Waals surface area contributed by atoms with Crippen LogP contribution in [0.15, 0.2) is 97.6 Å². The fourth-order valence-corrected chi connectivity index (χ4v) is 17.2. The van der Waals surface area contributed by atoms with Crippen LogP contribution in [0, 0.1) is 0 Å². The van der Waals surface area contributed by atoms with Crippen molar-refractivity contribution in [2.24, 2.45) is 0 Å². The minimum Gasteiger partial charge on any atom is -0.390 e. The van der Waals surface area contributed by atoms with Crippen molar-refractivity contribution in [1.29, 1.82) is 0 Å². The number of ether oxygens (including phenoxy) is 4. The molecule has 8 aromatic heterocycles. The molecule has 596 valence electrons. The third-order valence-electron chi connectivity index (χ3n) is 22.0. The number of rotatable bonds is 26. The molecule has 0 radical (unpaired) electrons. The van der Waals surface area contributed by atoms with Crippen LogP contribution >= 0.6 is 46.4 Å². The Kier molecular flexibility index (Phi) is 28.2. The third-order valence-corrected chi connectivity index (χ3v) is 23.2. The summed E-state index contributed by atoms with van der Waals surface area (Å²) >= 11 is 25.3. The SMILES string of the molecule is COCCc1cc(C(=O)CCC2(O)CCCC(F)(F)C2)c2c(Cl)cccn12.COCCc1cc(C(=O)CC[C@@]2(O)CCCC(F)(F)C2)c2c(Cl)cccn12.COCCc1cc(C(=O)CC[C@]2(O)CCCC(F)(F)C2)c2c(Cl)cccn12.O=C(CCC1(O)CCC(F)(F)CC1)c1cc(C2CCOC2)n2cccc(Cl)c12. The molecule has 0 amide bonds. The number of pyridine rings is 4. The van der Waals surface area contributed by atoms with E-state index in [1.54, 1.807) is 82.0 Å². The number of carbonyl (C=O) groups is 4. The summed E-state index contributed by atoms with van der Waals surface area (Å²) in [6.07, 6.45) is 9.21. The van der Waals surface area contributed by atoms with Crippen molar-refractivity contribution in [2.75, 3.05) is 54.4 Å². The molecule has 0 bridgehead atoms. The lowest BCUT2D eigenvalue weighted by molar-refractivity contribution is -0.127. The van der Waals surface area contributed by atoms with Gasteiger partial charge in [0.25, 0.3) is 17.8 Å². The number of halogens is 12. The molecule has 1 aliphatic heterocycles. The van der Waals surface area contributed by atoms with E-state index in [1.165, 1.54) is 0 Å². The number of carbonyl (C=O) groups excluding carboxylic acids is 4. The van der Waals surface area contributed by atoms with Gasteiger partial charge in [0, 0.05) is 200 Å². The van der Waals surface area contributed by atoms with Crippen molar-refractivity contribution in [3.63, 3.8) is 0 Å². The highest BCUT2D eigenvalue weighted by molar-refractivity contribution is 6.36. The fraction of sp³-hybridized carbons (Fsp3) is 0.556. The quantitative estimate of drug-likeness (QED) is 0.0295. The predicted octanol–water partition coefficient (Wildman–Crippen LogP) is 19.1. The molecular formula is C81H96Cl4F8N4O12. The van der Waals surface area contributed by atoms with Gasteiger partial charge in [0.2, 0.25) is 5.92 Å². The van der Waals surface area contributed by atoms with E-state index in [9.17, 15) is 74.7 Å². The molecule has 1 saturated heterocycles. The Morgan fingerprint density at radius 3 is 1.03 bits per heavy atom. The largest absolute Gasteiger partial charge is 0.390 e. The van der Waals surface area contributed by atoms with Crippen LogP contribution in [0.2, 0.25) is 20.1 Å². The summed E-state index contributed by atoms with van der Waals surface area (Å²) in [5.74, 6) is -11.8. The first-order chi connectivity index (χ1) is 51.5. The van der Waals surface area contributed by atoms with E-state index in [0.717, 1.165) is 29.2 Å². The van der Waals surface area contributed by atoms with Gasteiger partial charge in [-0.2, -0.15) is 0 Å². The summed E-state index contributed by atoms with van der Waals surface area (Å²) in [6, 6.07) is 21.3. The number of methoxy groups -OCH3 is 3. The van der Waals surface area contributed by atoms with Crippen LogP contribution in [0.1, 0.15) is 231 Å². The lowest BCUT2D eigenvalue weighted by atomic mass is 9.79. The van der Waals surface area contributed by atoms with E-state index in [4.69, 9.17) is 65.4 Å². The van der Waals surface area contributed by atoms with Crippen molar-refractivity contribution in [1.82, 2.24) is 17.6 Å². The van der Waals surface area contributed by atoms with E-state index < -0.39 is 65.4 Å². The number of alkyl halides is 8. The van der Waals surface area contributed by atoms with Gasteiger partial charge in [-0.1, -0.05) is 46.4 Å². The number of hydrogen-bond acceptors (Lipinski definition) is 12. The molecule has 8 aromatic rings. The van der Waals surface area contributed by atoms with E-state index in [2.05, 4.69) is 0 Å². The number of fused-ring (bicyclic) bond motifs is 4. The Bertz CT molecular complexity index is 4180. The lowest BCUT2D eigenvalue weighted by Gasteiger charge is -2.36. The third kappa shape index (κ3) is 21.7. The summed E-state index contributed by atoms with van der Waals surface area (Å²) in [5.41, 5.74) is 2.38. The zero-order valence-electron chi connectivity index (χ0n) is 61.5. The number of nitrogens with zero attached hydrogens (tertiary/aromatic N) is 4. The van der Waals surface area contributed by atoms with Crippen LogP contribution in [0.3, 0.4) is 0 Å². The first-order valence-electron chi connectivity index (χ1n) is 37.3. The average molecular weight is 1610 g/mol. The number of aromatic nitrogens is 4. The van der Waals surface area contributed by atoms with Crippen LogP contribution in [-0.2, 0) is 38.2 Å². The van der Waals surface area contributed by atoms with Gasteiger partial charge < -0.3 is 57.0 Å². The van der Waals surface area contributed by atoms with E-state index in [-0.39, 0.29) is 145 Å². The summed E-state index contributed by atoms with van der Waals surface area (Å²) in [4.78, 5) is 51.5. The predicted molar refractivity (Wildman–Crippen MR) is 402 cm³/mol. The van der Waals surface area contributed by atoms with Crippen molar-refractivity contribution in [3.05, 3.63) is 163 Å². The van der Waals surface area contributed by atoms with Gasteiger partial charge in [0.15, 0.2) is 23.1 Å². The molecule has 13 rings (SSSR count). The van der Waals surface area contributed by atoms with Crippen LogP contribution < -0.4 is 0 Å². The summed E-state index contributed by atoms with van der Waals surface area (Å²) in [7, 11) is 4.82. The number of aliphatic hydroxyl groups is 4. The first kappa shape index (κ1) is 85.4. The molecule has 4 N–H and O–H groups in total. The second-order valence-electron chi connectivity index (χ2n) is 30.3. The first-order valence-corrected chi connectivity index (χ1v) is 38.8. The zero-order valence-corrected chi connectivity index (χ0v) is 64.6. The maximum atomic E-state index is 13.7. The lowest BCUT2D eigenvalue weighted by Crippen LogP contribution is -2.41. The molecule has 2 unspecified atom stereocenters. The molecule has 4 atom stereocenters. The second kappa shape index (κ2) is 36.0. The Balaban J connectivity index is 0.000000155. The molecule has 0 aromatic carbocycles. The maximum Gasteiger partial charge on any atom is 0.250 e. The Hall–Kier alpha value is -6.00. The molecule has 0 spiro atoms. The van der Waals surface area contributed by atoms with Crippen molar-refractivity contribution in [2.45, 2.75) is 232 Å². The molecule has 5 aliphatic rings. The molecule has 4 saturated carbocycles. The molecule has 9 heterocycles. The molecule has 109 heavy (non-hydrogen) atoms. The van der Waals surface area contributed by atoms with Gasteiger partial charge in [-0.05, 0) is 156 Å². The standard InChI is InChI=1S/C21H24ClF2NO3.3C20H24ClF2NO3/c22-16-2-1-10-25-17(14-4-11-28-13-14)12-15(19(16)25)18(26)3-5-20(27)6-8-21(23,24)9-7-20;3*1-27-11-6-14-12-15(18-16(21)4-2-10-24(14)18)17(25)5-9-19(26)7-3-8-20(22,23)13-19/h1-2,10,12,14,27H,3-9,11,13H2;3*2,4,10,12,26H,3,5-9,11,13H2,1H3/t;2*19-;/m.10./s1.